The zero-order valence-electron chi connectivity index (χ0n) is 17.1. The van der Waals surface area contributed by atoms with Crippen LogP contribution in [0, 0.1) is 0 Å². The minimum Gasteiger partial charge on any atom is -0.487 e. The van der Waals surface area contributed by atoms with E-state index in [9.17, 15) is 0 Å². The smallest absolute Gasteiger partial charge is 0.220 e. The summed E-state index contributed by atoms with van der Waals surface area (Å²) in [5.41, 5.74) is 10.7. The van der Waals surface area contributed by atoms with Crippen LogP contribution in [-0.4, -0.2) is 32.9 Å². The van der Waals surface area contributed by atoms with Gasteiger partial charge in [0.1, 0.15) is 12.4 Å². The number of ether oxygens (including phenoxy) is 1. The standard InChI is InChI=1S/C24H27N5O/c25-23-27-14-19-8-10-24(22(19)28-23)9-4-12-29(17-24)15-18-5-3-7-21(13-18)30-16-20-6-1-2-11-26-20/h1-3,5-7,11,13-14H,4,8-10,12,15-17H2,(H2,25,27,28). The first kappa shape index (κ1) is 19.0. The maximum absolute atomic E-state index is 5.96. The van der Waals surface area contributed by atoms with Crippen molar-refractivity contribution in [2.45, 2.75) is 44.2 Å². The van der Waals surface area contributed by atoms with Crippen LogP contribution in [0.5, 0.6) is 5.75 Å². The fourth-order valence-corrected chi connectivity index (χ4v) is 4.95. The maximum atomic E-state index is 5.96. The van der Waals surface area contributed by atoms with Gasteiger partial charge in [-0.15, -0.1) is 0 Å². The summed E-state index contributed by atoms with van der Waals surface area (Å²) in [5.74, 6) is 1.28. The van der Waals surface area contributed by atoms with E-state index < -0.39 is 0 Å². The number of hydrogen-bond donors (Lipinski definition) is 1. The molecule has 2 aliphatic rings. The second kappa shape index (κ2) is 8.03. The molecule has 154 valence electrons. The van der Waals surface area contributed by atoms with Crippen LogP contribution in [0.15, 0.2) is 54.9 Å². The van der Waals surface area contributed by atoms with Crippen LogP contribution in [0.4, 0.5) is 5.95 Å². The first-order valence-electron chi connectivity index (χ1n) is 10.7. The number of rotatable bonds is 5. The number of anilines is 1. The van der Waals surface area contributed by atoms with E-state index >= 15 is 0 Å². The number of piperidine rings is 1. The molecule has 1 spiro atoms. The summed E-state index contributed by atoms with van der Waals surface area (Å²) in [6, 6.07) is 14.3. The molecule has 3 heterocycles. The average molecular weight is 402 g/mol. The second-order valence-electron chi connectivity index (χ2n) is 8.45. The van der Waals surface area contributed by atoms with Crippen molar-refractivity contribution in [3.63, 3.8) is 0 Å². The molecule has 0 amide bonds. The Kier molecular flexibility index (Phi) is 5.09. The summed E-state index contributed by atoms with van der Waals surface area (Å²) in [7, 11) is 0. The number of benzene rings is 1. The summed E-state index contributed by atoms with van der Waals surface area (Å²) in [4.78, 5) is 15.7. The molecular weight excluding hydrogens is 374 g/mol. The zero-order chi connectivity index (χ0) is 20.4. The summed E-state index contributed by atoms with van der Waals surface area (Å²) >= 11 is 0. The number of aromatic nitrogens is 3. The van der Waals surface area contributed by atoms with Gasteiger partial charge in [0.15, 0.2) is 0 Å². The molecule has 0 bridgehead atoms. The van der Waals surface area contributed by atoms with Crippen LogP contribution in [-0.2, 0) is 25.0 Å². The van der Waals surface area contributed by atoms with Gasteiger partial charge in [-0.05, 0) is 67.6 Å². The van der Waals surface area contributed by atoms with Gasteiger partial charge in [0.25, 0.3) is 0 Å². The lowest BCUT2D eigenvalue weighted by atomic mass is 9.77. The minimum atomic E-state index is 0.123. The van der Waals surface area contributed by atoms with Crippen LogP contribution in [0.1, 0.15) is 41.8 Å². The zero-order valence-corrected chi connectivity index (χ0v) is 17.1. The van der Waals surface area contributed by atoms with Crippen molar-refractivity contribution < 1.29 is 4.74 Å². The van der Waals surface area contributed by atoms with Crippen LogP contribution in [0.25, 0.3) is 0 Å². The van der Waals surface area contributed by atoms with Crippen LogP contribution in [0.3, 0.4) is 0 Å². The van der Waals surface area contributed by atoms with Gasteiger partial charge in [0.05, 0.1) is 11.4 Å². The molecule has 2 aromatic heterocycles. The maximum Gasteiger partial charge on any atom is 0.220 e. The Hall–Kier alpha value is -2.99. The number of nitrogens with two attached hydrogens (primary N) is 1. The SMILES string of the molecule is Nc1ncc2c(n1)C1(CCCN(Cc3cccc(OCc4ccccn4)c3)C1)CC2. The molecule has 1 atom stereocenters. The van der Waals surface area contributed by atoms with Crippen molar-refractivity contribution in [1.29, 1.82) is 0 Å². The van der Waals surface area contributed by atoms with Gasteiger partial charge in [0, 0.05) is 30.9 Å². The Bertz CT molecular complexity index is 1020. The van der Waals surface area contributed by atoms with Gasteiger partial charge in [0.2, 0.25) is 5.95 Å². The third kappa shape index (κ3) is 3.87. The Morgan fingerprint density at radius 1 is 1.10 bits per heavy atom. The van der Waals surface area contributed by atoms with E-state index in [0.29, 0.717) is 12.6 Å². The van der Waals surface area contributed by atoms with Crippen LogP contribution in [0.2, 0.25) is 0 Å². The van der Waals surface area contributed by atoms with E-state index in [-0.39, 0.29) is 5.41 Å². The molecule has 1 aliphatic carbocycles. The molecule has 5 rings (SSSR count). The number of nitrogen functional groups attached to an aromatic ring is 1. The number of nitrogens with zero attached hydrogens (tertiary/aromatic N) is 4. The fourth-order valence-electron chi connectivity index (χ4n) is 4.95. The lowest BCUT2D eigenvalue weighted by molar-refractivity contribution is 0.136. The number of aryl methyl sites for hydroxylation is 1. The summed E-state index contributed by atoms with van der Waals surface area (Å²) < 4.78 is 5.96. The Balaban J connectivity index is 1.27. The molecule has 0 radical (unpaired) electrons. The van der Waals surface area contributed by atoms with Crippen molar-refractivity contribution in [3.05, 3.63) is 77.4 Å². The fraction of sp³-hybridized carbons (Fsp3) is 0.375. The normalized spacial score (nSPS) is 20.9. The molecule has 1 fully saturated rings. The van der Waals surface area contributed by atoms with Gasteiger partial charge in [-0.3, -0.25) is 9.88 Å². The van der Waals surface area contributed by atoms with Crippen LogP contribution >= 0.6 is 0 Å². The predicted octanol–water partition coefficient (Wildman–Crippen LogP) is 3.51. The van der Waals surface area contributed by atoms with Gasteiger partial charge < -0.3 is 10.5 Å². The van der Waals surface area contributed by atoms with E-state index in [4.69, 9.17) is 10.5 Å². The summed E-state index contributed by atoms with van der Waals surface area (Å²) in [6.45, 7) is 3.53. The number of pyridine rings is 1. The first-order chi connectivity index (χ1) is 14.7. The number of hydrogen-bond acceptors (Lipinski definition) is 6. The molecule has 1 saturated heterocycles. The Morgan fingerprint density at radius 2 is 2.07 bits per heavy atom. The highest BCUT2D eigenvalue weighted by atomic mass is 16.5. The summed E-state index contributed by atoms with van der Waals surface area (Å²) in [5, 5.41) is 0. The molecule has 1 aliphatic heterocycles. The first-order valence-corrected chi connectivity index (χ1v) is 10.7. The number of likely N-dealkylation sites (tertiary alicyclic amines) is 1. The van der Waals surface area contributed by atoms with Crippen molar-refractivity contribution in [1.82, 2.24) is 19.9 Å². The van der Waals surface area contributed by atoms with Gasteiger partial charge in [-0.1, -0.05) is 18.2 Å². The van der Waals surface area contributed by atoms with E-state index in [1.807, 2.05) is 30.5 Å². The van der Waals surface area contributed by atoms with Crippen molar-refractivity contribution in [3.8, 4) is 5.75 Å². The van der Waals surface area contributed by atoms with E-state index in [0.717, 1.165) is 43.9 Å². The number of fused-ring (bicyclic) bond motifs is 2. The Labute approximate surface area is 177 Å². The molecule has 0 saturated carbocycles. The average Bonchev–Trinajstić information content (AvgIpc) is 3.10. The molecule has 30 heavy (non-hydrogen) atoms. The predicted molar refractivity (Wildman–Crippen MR) is 116 cm³/mol. The third-order valence-corrected chi connectivity index (χ3v) is 6.33. The highest BCUT2D eigenvalue weighted by molar-refractivity contribution is 5.37. The highest BCUT2D eigenvalue weighted by Gasteiger charge is 2.43. The highest BCUT2D eigenvalue weighted by Crippen LogP contribution is 2.44. The molecular formula is C24H27N5O. The quantitative estimate of drug-likeness (QED) is 0.705. The van der Waals surface area contributed by atoms with Crippen molar-refractivity contribution in [2.75, 3.05) is 18.8 Å². The second-order valence-corrected chi connectivity index (χ2v) is 8.45. The third-order valence-electron chi connectivity index (χ3n) is 6.33. The molecule has 3 aromatic rings. The molecule has 1 unspecified atom stereocenters. The molecule has 1 aromatic carbocycles. The molecule has 2 N–H and O–H groups in total. The monoisotopic (exact) mass is 401 g/mol. The molecule has 6 nitrogen and oxygen atoms in total. The van der Waals surface area contributed by atoms with E-state index in [2.05, 4.69) is 38.1 Å². The van der Waals surface area contributed by atoms with Crippen molar-refractivity contribution >= 4 is 5.95 Å². The lowest BCUT2D eigenvalue weighted by Crippen LogP contribution is -2.45. The Morgan fingerprint density at radius 3 is 2.97 bits per heavy atom. The van der Waals surface area contributed by atoms with E-state index in [1.165, 1.54) is 29.7 Å². The van der Waals surface area contributed by atoms with Crippen LogP contribution < -0.4 is 10.5 Å². The lowest BCUT2D eigenvalue weighted by Gasteiger charge is -2.40. The van der Waals surface area contributed by atoms with Gasteiger partial charge in [-0.2, -0.15) is 0 Å². The largest absolute Gasteiger partial charge is 0.487 e. The van der Waals surface area contributed by atoms with Gasteiger partial charge in [-0.25, -0.2) is 9.97 Å². The van der Waals surface area contributed by atoms with Crippen molar-refractivity contribution in [2.24, 2.45) is 0 Å². The molecule has 6 heteroatoms. The van der Waals surface area contributed by atoms with E-state index in [1.54, 1.807) is 6.20 Å². The minimum absolute atomic E-state index is 0.123. The topological polar surface area (TPSA) is 77.2 Å². The summed E-state index contributed by atoms with van der Waals surface area (Å²) in [6.07, 6.45) is 8.28. The van der Waals surface area contributed by atoms with Gasteiger partial charge >= 0.3 is 0 Å².